The molecule has 1 N–H and O–H groups in total. The number of nitrogens with one attached hydrogen (secondary N) is 1. The summed E-state index contributed by atoms with van der Waals surface area (Å²) in [5.41, 5.74) is 1.51. The van der Waals surface area contributed by atoms with Crippen LogP contribution in [0.15, 0.2) is 0 Å². The van der Waals surface area contributed by atoms with Gasteiger partial charge in [-0.1, -0.05) is 19.8 Å². The smallest absolute Gasteiger partial charge is 0.0947 e. The lowest BCUT2D eigenvalue weighted by Crippen LogP contribution is -2.58. The molecule has 1 heterocycles. The van der Waals surface area contributed by atoms with Gasteiger partial charge in [0.2, 0.25) is 0 Å². The van der Waals surface area contributed by atoms with E-state index in [-0.39, 0.29) is 0 Å². The summed E-state index contributed by atoms with van der Waals surface area (Å²) in [6.07, 6.45) is 6.39. The maximum atomic E-state index is 4.75. The fraction of sp³-hybridized carbons (Fsp3) is 0.812. The van der Waals surface area contributed by atoms with Crippen LogP contribution in [0.2, 0.25) is 0 Å². The standard InChI is InChI=1S/C16H29N3S/c1-6-17-14(11-15-18-12(2)13(3)20-15)16(19(4)5)9-7-8-10-16/h14,17H,6-11H2,1-5H3. The molecule has 0 bridgehead atoms. The molecular formula is C16H29N3S. The average Bonchev–Trinajstić information content (AvgIpc) is 2.98. The minimum Gasteiger partial charge on any atom is -0.312 e. The van der Waals surface area contributed by atoms with Gasteiger partial charge in [-0.05, 0) is 47.3 Å². The minimum absolute atomic E-state index is 0.309. The third-order valence-corrected chi connectivity index (χ3v) is 6.01. The number of aromatic nitrogens is 1. The molecule has 0 aromatic carbocycles. The highest BCUT2D eigenvalue weighted by Gasteiger charge is 2.43. The molecule has 1 aromatic heterocycles. The van der Waals surface area contributed by atoms with E-state index in [9.17, 15) is 0 Å². The normalized spacial score (nSPS) is 19.7. The summed E-state index contributed by atoms with van der Waals surface area (Å²) in [4.78, 5) is 8.57. The Morgan fingerprint density at radius 3 is 2.40 bits per heavy atom. The van der Waals surface area contributed by atoms with E-state index in [1.807, 2.05) is 11.3 Å². The lowest BCUT2D eigenvalue weighted by atomic mass is 9.84. The van der Waals surface area contributed by atoms with E-state index in [4.69, 9.17) is 4.98 Å². The molecule has 1 aliphatic rings. The zero-order chi connectivity index (χ0) is 14.8. The molecule has 1 aromatic rings. The molecule has 20 heavy (non-hydrogen) atoms. The van der Waals surface area contributed by atoms with Crippen LogP contribution in [0, 0.1) is 13.8 Å². The fourth-order valence-corrected chi connectivity index (χ4v) is 4.57. The van der Waals surface area contributed by atoms with Crippen LogP contribution in [0.4, 0.5) is 0 Å². The second kappa shape index (κ2) is 6.54. The Morgan fingerprint density at radius 1 is 1.30 bits per heavy atom. The van der Waals surface area contributed by atoms with Crippen LogP contribution in [-0.4, -0.2) is 42.1 Å². The van der Waals surface area contributed by atoms with Crippen LogP contribution in [0.5, 0.6) is 0 Å². The molecule has 1 atom stereocenters. The van der Waals surface area contributed by atoms with Gasteiger partial charge in [-0.3, -0.25) is 0 Å². The van der Waals surface area contributed by atoms with Gasteiger partial charge in [-0.2, -0.15) is 0 Å². The van der Waals surface area contributed by atoms with Crippen LogP contribution in [0.25, 0.3) is 0 Å². The second-order valence-electron chi connectivity index (χ2n) is 6.27. The Labute approximate surface area is 127 Å². The topological polar surface area (TPSA) is 28.2 Å². The van der Waals surface area contributed by atoms with Gasteiger partial charge in [-0.25, -0.2) is 4.98 Å². The average molecular weight is 295 g/mol. The SMILES string of the molecule is CCNC(Cc1nc(C)c(C)s1)C1(N(C)C)CCCC1. The van der Waals surface area contributed by atoms with Crippen molar-refractivity contribution in [1.29, 1.82) is 0 Å². The van der Waals surface area contributed by atoms with Crippen molar-refractivity contribution in [3.05, 3.63) is 15.6 Å². The summed E-state index contributed by atoms with van der Waals surface area (Å²) >= 11 is 1.87. The highest BCUT2D eigenvalue weighted by Crippen LogP contribution is 2.38. The summed E-state index contributed by atoms with van der Waals surface area (Å²) in [7, 11) is 4.49. The summed E-state index contributed by atoms with van der Waals surface area (Å²) in [5, 5.41) is 5.04. The monoisotopic (exact) mass is 295 g/mol. The van der Waals surface area contributed by atoms with Crippen molar-refractivity contribution in [2.45, 2.75) is 64.5 Å². The lowest BCUT2D eigenvalue weighted by molar-refractivity contribution is 0.105. The number of hydrogen-bond acceptors (Lipinski definition) is 4. The van der Waals surface area contributed by atoms with Gasteiger partial charge < -0.3 is 10.2 Å². The Balaban J connectivity index is 2.21. The zero-order valence-electron chi connectivity index (χ0n) is 13.6. The summed E-state index contributed by atoms with van der Waals surface area (Å²) in [6, 6.07) is 0.509. The van der Waals surface area contributed by atoms with E-state index >= 15 is 0 Å². The molecule has 114 valence electrons. The molecule has 4 heteroatoms. The number of rotatable bonds is 6. The van der Waals surface area contributed by atoms with Crippen molar-refractivity contribution in [3.8, 4) is 0 Å². The van der Waals surface area contributed by atoms with E-state index in [0.717, 1.165) is 13.0 Å². The number of likely N-dealkylation sites (N-methyl/N-ethyl adjacent to an activating group) is 2. The molecule has 1 unspecified atom stereocenters. The van der Waals surface area contributed by atoms with Crippen LogP contribution >= 0.6 is 11.3 Å². The van der Waals surface area contributed by atoms with Crippen LogP contribution in [0.3, 0.4) is 0 Å². The van der Waals surface area contributed by atoms with Gasteiger partial charge in [0.1, 0.15) is 0 Å². The quantitative estimate of drug-likeness (QED) is 0.874. The number of aryl methyl sites for hydroxylation is 2. The molecule has 0 radical (unpaired) electrons. The Kier molecular flexibility index (Phi) is 5.21. The molecule has 1 aliphatic carbocycles. The van der Waals surface area contributed by atoms with Gasteiger partial charge in [-0.15, -0.1) is 11.3 Å². The predicted molar refractivity (Wildman–Crippen MR) is 87.6 cm³/mol. The number of thiazole rings is 1. The molecule has 0 aliphatic heterocycles. The molecule has 0 saturated heterocycles. The van der Waals surface area contributed by atoms with Gasteiger partial charge >= 0.3 is 0 Å². The maximum absolute atomic E-state index is 4.75. The second-order valence-corrected chi connectivity index (χ2v) is 7.56. The van der Waals surface area contributed by atoms with Gasteiger partial charge in [0.05, 0.1) is 10.7 Å². The third-order valence-electron chi connectivity index (χ3n) is 4.91. The van der Waals surface area contributed by atoms with E-state index in [1.165, 1.54) is 41.3 Å². The molecule has 3 nitrogen and oxygen atoms in total. The van der Waals surface area contributed by atoms with Crippen LogP contribution in [0.1, 0.15) is 48.2 Å². The molecule has 0 amide bonds. The maximum Gasteiger partial charge on any atom is 0.0947 e. The van der Waals surface area contributed by atoms with Gasteiger partial charge in [0, 0.05) is 22.9 Å². The van der Waals surface area contributed by atoms with E-state index in [2.05, 4.69) is 45.1 Å². The van der Waals surface area contributed by atoms with Crippen molar-refractivity contribution < 1.29 is 0 Å². The first kappa shape index (κ1) is 15.9. The van der Waals surface area contributed by atoms with Gasteiger partial charge in [0.15, 0.2) is 0 Å². The van der Waals surface area contributed by atoms with Crippen molar-refractivity contribution >= 4 is 11.3 Å². The highest BCUT2D eigenvalue weighted by atomic mass is 32.1. The molecule has 1 saturated carbocycles. The summed E-state index contributed by atoms with van der Waals surface area (Å²) in [5.74, 6) is 0. The summed E-state index contributed by atoms with van der Waals surface area (Å²) in [6.45, 7) is 7.54. The fourth-order valence-electron chi connectivity index (χ4n) is 3.59. The van der Waals surface area contributed by atoms with Crippen LogP contribution in [-0.2, 0) is 6.42 Å². The number of nitrogens with zero attached hydrogens (tertiary/aromatic N) is 2. The number of hydrogen-bond donors (Lipinski definition) is 1. The summed E-state index contributed by atoms with van der Waals surface area (Å²) < 4.78 is 0. The molecule has 1 fully saturated rings. The van der Waals surface area contributed by atoms with Crippen molar-refractivity contribution in [1.82, 2.24) is 15.2 Å². The Hall–Kier alpha value is -0.450. The minimum atomic E-state index is 0.309. The molecule has 0 spiro atoms. The Bertz CT molecular complexity index is 413. The van der Waals surface area contributed by atoms with Gasteiger partial charge in [0.25, 0.3) is 0 Å². The van der Waals surface area contributed by atoms with E-state index < -0.39 is 0 Å². The van der Waals surface area contributed by atoms with Crippen molar-refractivity contribution in [3.63, 3.8) is 0 Å². The zero-order valence-corrected chi connectivity index (χ0v) is 14.4. The third kappa shape index (κ3) is 3.07. The molecule has 2 rings (SSSR count). The molecular weight excluding hydrogens is 266 g/mol. The van der Waals surface area contributed by atoms with Crippen molar-refractivity contribution in [2.24, 2.45) is 0 Å². The lowest BCUT2D eigenvalue weighted by Gasteiger charge is -2.43. The van der Waals surface area contributed by atoms with Crippen LogP contribution < -0.4 is 5.32 Å². The Morgan fingerprint density at radius 2 is 1.95 bits per heavy atom. The first-order chi connectivity index (χ1) is 9.49. The first-order valence-corrected chi connectivity index (χ1v) is 8.65. The predicted octanol–water partition coefficient (Wildman–Crippen LogP) is 3.15. The first-order valence-electron chi connectivity index (χ1n) is 7.83. The van der Waals surface area contributed by atoms with E-state index in [1.54, 1.807) is 0 Å². The van der Waals surface area contributed by atoms with E-state index in [0.29, 0.717) is 11.6 Å². The largest absolute Gasteiger partial charge is 0.312 e. The highest BCUT2D eigenvalue weighted by molar-refractivity contribution is 7.11. The van der Waals surface area contributed by atoms with Crippen molar-refractivity contribution in [2.75, 3.05) is 20.6 Å².